The summed E-state index contributed by atoms with van der Waals surface area (Å²) >= 11 is 0. The Hall–Kier alpha value is -4.33. The molecule has 0 saturated carbocycles. The van der Waals surface area contributed by atoms with Crippen LogP contribution < -0.4 is 14.8 Å². The van der Waals surface area contributed by atoms with E-state index in [0.29, 0.717) is 29.0 Å². The van der Waals surface area contributed by atoms with Crippen LogP contribution in [0.4, 0.5) is 5.69 Å². The zero-order valence-electron chi connectivity index (χ0n) is 16.6. The van der Waals surface area contributed by atoms with Gasteiger partial charge in [0.2, 0.25) is 11.8 Å². The Morgan fingerprint density at radius 1 is 1.06 bits per heavy atom. The SMILES string of the molecule is COc1ccc(-c2nnc(COc3cccc(NC(=O)/C=C/c4ccco4)c3)o2)cc1. The maximum atomic E-state index is 12.1. The predicted octanol–water partition coefficient (Wildman–Crippen LogP) is 4.57. The van der Waals surface area contributed by atoms with Gasteiger partial charge in [-0.2, -0.15) is 0 Å². The lowest BCUT2D eigenvalue weighted by Crippen LogP contribution is -2.07. The monoisotopic (exact) mass is 417 g/mol. The summed E-state index contributed by atoms with van der Waals surface area (Å²) in [5.74, 6) is 2.34. The number of hydrogen-bond donors (Lipinski definition) is 1. The van der Waals surface area contributed by atoms with E-state index in [1.54, 1.807) is 55.8 Å². The molecule has 1 N–H and O–H groups in total. The first-order valence-corrected chi connectivity index (χ1v) is 9.42. The molecule has 8 heteroatoms. The van der Waals surface area contributed by atoms with E-state index in [9.17, 15) is 4.79 Å². The molecule has 0 saturated heterocycles. The number of anilines is 1. The number of ether oxygens (including phenoxy) is 2. The molecule has 0 aliphatic rings. The lowest BCUT2D eigenvalue weighted by molar-refractivity contribution is -0.111. The van der Waals surface area contributed by atoms with Crippen molar-refractivity contribution in [3.63, 3.8) is 0 Å². The molecule has 0 bridgehead atoms. The average molecular weight is 417 g/mol. The van der Waals surface area contributed by atoms with Crippen LogP contribution in [0.2, 0.25) is 0 Å². The number of benzene rings is 2. The van der Waals surface area contributed by atoms with E-state index in [1.165, 1.54) is 6.08 Å². The zero-order valence-corrected chi connectivity index (χ0v) is 16.6. The molecule has 0 fully saturated rings. The van der Waals surface area contributed by atoms with Crippen LogP contribution in [-0.2, 0) is 11.4 Å². The summed E-state index contributed by atoms with van der Waals surface area (Å²) in [7, 11) is 1.61. The van der Waals surface area contributed by atoms with Gasteiger partial charge in [0.25, 0.3) is 5.89 Å². The number of carbonyl (C=O) groups excluding carboxylic acids is 1. The highest BCUT2D eigenvalue weighted by molar-refractivity contribution is 6.01. The van der Waals surface area contributed by atoms with Gasteiger partial charge in [0.15, 0.2) is 6.61 Å². The topological polar surface area (TPSA) is 99.6 Å². The van der Waals surface area contributed by atoms with Crippen LogP contribution in [0, 0.1) is 0 Å². The molecule has 2 aromatic carbocycles. The van der Waals surface area contributed by atoms with E-state index in [1.807, 2.05) is 24.3 Å². The molecule has 0 radical (unpaired) electrons. The lowest BCUT2D eigenvalue weighted by Gasteiger charge is -2.06. The molecule has 4 rings (SSSR count). The summed E-state index contributed by atoms with van der Waals surface area (Å²) in [4.78, 5) is 12.1. The Kier molecular flexibility index (Phi) is 6.08. The van der Waals surface area contributed by atoms with Crippen molar-refractivity contribution >= 4 is 17.7 Å². The summed E-state index contributed by atoms with van der Waals surface area (Å²) in [6, 6.07) is 17.8. The predicted molar refractivity (Wildman–Crippen MR) is 113 cm³/mol. The van der Waals surface area contributed by atoms with E-state index < -0.39 is 0 Å². The van der Waals surface area contributed by atoms with Crippen molar-refractivity contribution in [2.45, 2.75) is 6.61 Å². The molecule has 8 nitrogen and oxygen atoms in total. The van der Waals surface area contributed by atoms with Crippen LogP contribution in [0.3, 0.4) is 0 Å². The second-order valence-corrected chi connectivity index (χ2v) is 6.38. The van der Waals surface area contributed by atoms with E-state index in [4.69, 9.17) is 18.3 Å². The molecule has 2 heterocycles. The van der Waals surface area contributed by atoms with Gasteiger partial charge in [-0.3, -0.25) is 4.79 Å². The van der Waals surface area contributed by atoms with Crippen molar-refractivity contribution in [2.24, 2.45) is 0 Å². The maximum Gasteiger partial charge on any atom is 0.254 e. The van der Waals surface area contributed by atoms with Gasteiger partial charge in [-0.1, -0.05) is 6.07 Å². The molecule has 2 aromatic heterocycles. The summed E-state index contributed by atoms with van der Waals surface area (Å²) in [5, 5.41) is 10.8. The average Bonchev–Trinajstić information content (AvgIpc) is 3.49. The summed E-state index contributed by atoms with van der Waals surface area (Å²) in [5.41, 5.74) is 1.38. The van der Waals surface area contributed by atoms with Crippen LogP contribution in [0.25, 0.3) is 17.5 Å². The Labute approximate surface area is 178 Å². The number of furan rings is 1. The van der Waals surface area contributed by atoms with Crippen LogP contribution in [0.15, 0.2) is 81.8 Å². The van der Waals surface area contributed by atoms with Gasteiger partial charge in [-0.25, -0.2) is 0 Å². The molecule has 1 amide bonds. The molecule has 0 aliphatic carbocycles. The number of nitrogens with zero attached hydrogens (tertiary/aromatic N) is 2. The Bertz CT molecular complexity index is 1160. The van der Waals surface area contributed by atoms with Gasteiger partial charge in [-0.15, -0.1) is 10.2 Å². The van der Waals surface area contributed by atoms with Gasteiger partial charge >= 0.3 is 0 Å². The first kappa shape index (κ1) is 20.0. The molecule has 4 aromatic rings. The minimum Gasteiger partial charge on any atom is -0.497 e. The second-order valence-electron chi connectivity index (χ2n) is 6.38. The molecular formula is C23H19N3O5. The fourth-order valence-electron chi connectivity index (χ4n) is 2.70. The molecule has 0 unspecified atom stereocenters. The quantitative estimate of drug-likeness (QED) is 0.419. The summed E-state index contributed by atoms with van der Waals surface area (Å²) in [6.45, 7) is 0.0962. The molecule has 0 spiro atoms. The summed E-state index contributed by atoms with van der Waals surface area (Å²) < 4.78 is 21.7. The molecule has 156 valence electrons. The van der Waals surface area contributed by atoms with Gasteiger partial charge in [0.05, 0.1) is 13.4 Å². The zero-order chi connectivity index (χ0) is 21.5. The molecule has 0 aliphatic heterocycles. The van der Waals surface area contributed by atoms with E-state index in [2.05, 4.69) is 15.5 Å². The normalized spacial score (nSPS) is 10.9. The van der Waals surface area contributed by atoms with Gasteiger partial charge in [-0.05, 0) is 54.6 Å². The number of rotatable bonds is 8. The van der Waals surface area contributed by atoms with E-state index in [0.717, 1.165) is 11.3 Å². The minimum absolute atomic E-state index is 0.0962. The smallest absolute Gasteiger partial charge is 0.254 e. The van der Waals surface area contributed by atoms with Crippen LogP contribution in [-0.4, -0.2) is 23.2 Å². The highest BCUT2D eigenvalue weighted by atomic mass is 16.5. The van der Waals surface area contributed by atoms with Crippen LogP contribution in [0.5, 0.6) is 11.5 Å². The highest BCUT2D eigenvalue weighted by Crippen LogP contribution is 2.22. The number of nitrogens with one attached hydrogen (secondary N) is 1. The van der Waals surface area contributed by atoms with Crippen LogP contribution in [0.1, 0.15) is 11.7 Å². The largest absolute Gasteiger partial charge is 0.497 e. The number of methoxy groups -OCH3 is 1. The number of aromatic nitrogens is 2. The lowest BCUT2D eigenvalue weighted by atomic mass is 10.2. The van der Waals surface area contributed by atoms with Crippen molar-refractivity contribution in [3.8, 4) is 23.0 Å². The van der Waals surface area contributed by atoms with Crippen molar-refractivity contribution in [2.75, 3.05) is 12.4 Å². The molecule has 31 heavy (non-hydrogen) atoms. The van der Waals surface area contributed by atoms with Gasteiger partial charge < -0.3 is 23.6 Å². The maximum absolute atomic E-state index is 12.1. The highest BCUT2D eigenvalue weighted by Gasteiger charge is 2.10. The Morgan fingerprint density at radius 2 is 1.94 bits per heavy atom. The van der Waals surface area contributed by atoms with Crippen molar-refractivity contribution in [3.05, 3.63) is 84.7 Å². The minimum atomic E-state index is -0.283. The first-order chi connectivity index (χ1) is 15.2. The second kappa shape index (κ2) is 9.45. The van der Waals surface area contributed by atoms with E-state index >= 15 is 0 Å². The van der Waals surface area contributed by atoms with E-state index in [-0.39, 0.29) is 12.5 Å². The standard InChI is InChI=1S/C23H19N3O5/c1-28-18-9-7-16(8-10-18)23-26-25-22(31-23)15-30-20-5-2-4-17(14-20)24-21(27)12-11-19-6-3-13-29-19/h2-14H,15H2,1H3,(H,24,27)/b12-11+. The third-order valence-corrected chi connectivity index (χ3v) is 4.21. The third kappa shape index (κ3) is 5.39. The number of carbonyl (C=O) groups is 1. The number of amides is 1. The fourth-order valence-corrected chi connectivity index (χ4v) is 2.70. The van der Waals surface area contributed by atoms with Gasteiger partial charge in [0.1, 0.15) is 17.3 Å². The first-order valence-electron chi connectivity index (χ1n) is 9.42. The van der Waals surface area contributed by atoms with Crippen LogP contribution >= 0.6 is 0 Å². The molecule has 0 atom stereocenters. The Morgan fingerprint density at radius 3 is 2.71 bits per heavy atom. The fraction of sp³-hybridized carbons (Fsp3) is 0.0870. The summed E-state index contributed by atoms with van der Waals surface area (Å²) in [6.07, 6.45) is 4.53. The van der Waals surface area contributed by atoms with Crippen molar-refractivity contribution in [1.82, 2.24) is 10.2 Å². The van der Waals surface area contributed by atoms with Crippen molar-refractivity contribution < 1.29 is 23.1 Å². The van der Waals surface area contributed by atoms with Crippen molar-refractivity contribution in [1.29, 1.82) is 0 Å². The Balaban J connectivity index is 1.34. The third-order valence-electron chi connectivity index (χ3n) is 4.21. The molecular weight excluding hydrogens is 398 g/mol. The van der Waals surface area contributed by atoms with Gasteiger partial charge in [0, 0.05) is 23.4 Å². The number of hydrogen-bond acceptors (Lipinski definition) is 7.